The van der Waals surface area contributed by atoms with E-state index in [2.05, 4.69) is 4.74 Å². The summed E-state index contributed by atoms with van der Waals surface area (Å²) < 4.78 is 84.8. The predicted octanol–water partition coefficient (Wildman–Crippen LogP) is 3.03. The molecule has 0 unspecified atom stereocenters. The molecule has 2 rings (SSSR count). The van der Waals surface area contributed by atoms with E-state index in [1.807, 2.05) is 0 Å². The largest absolute Gasteiger partial charge is 0.464 e. The van der Waals surface area contributed by atoms with Crippen molar-refractivity contribution in [2.45, 2.75) is 18.0 Å². The van der Waals surface area contributed by atoms with E-state index in [0.29, 0.717) is 10.6 Å². The van der Waals surface area contributed by atoms with Crippen LogP contribution in [-0.4, -0.2) is 35.1 Å². The second kappa shape index (κ2) is 6.75. The summed E-state index contributed by atoms with van der Waals surface area (Å²) in [7, 11) is 0.902. The summed E-state index contributed by atoms with van der Waals surface area (Å²) in [5.74, 6) is -1.21. The van der Waals surface area contributed by atoms with E-state index in [9.17, 15) is 36.2 Å². The van der Waals surface area contributed by atoms with Gasteiger partial charge in [-0.05, 0) is 6.07 Å². The summed E-state index contributed by atoms with van der Waals surface area (Å²) in [5.41, 5.74) is -3.69. The molecule has 0 atom stereocenters. The van der Waals surface area contributed by atoms with E-state index in [1.54, 1.807) is 6.07 Å². The SMILES string of the molecule is COC(=O)c1c(N)c(C#N)cn1-c1ccccc1C(O)(C(F)(F)F)C(F)(F)F. The third kappa shape index (κ3) is 3.03. The zero-order valence-electron chi connectivity index (χ0n) is 13.9. The van der Waals surface area contributed by atoms with Crippen molar-refractivity contribution < 1.29 is 41.0 Å². The molecule has 1 heterocycles. The second-order valence-electron chi connectivity index (χ2n) is 5.50. The van der Waals surface area contributed by atoms with Crippen LogP contribution in [0, 0.1) is 11.3 Å². The first kappa shape index (κ1) is 21.1. The Morgan fingerprint density at radius 3 is 2.18 bits per heavy atom. The van der Waals surface area contributed by atoms with Crippen LogP contribution in [0.1, 0.15) is 21.6 Å². The Morgan fingerprint density at radius 2 is 1.71 bits per heavy atom. The number of aromatic nitrogens is 1. The van der Waals surface area contributed by atoms with Gasteiger partial charge in [0.2, 0.25) is 0 Å². The molecule has 0 saturated carbocycles. The Balaban J connectivity index is 2.94. The van der Waals surface area contributed by atoms with Gasteiger partial charge >= 0.3 is 18.3 Å². The lowest BCUT2D eigenvalue weighted by Gasteiger charge is -2.34. The molecule has 0 bridgehead atoms. The Hall–Kier alpha value is -3.20. The van der Waals surface area contributed by atoms with Crippen molar-refractivity contribution >= 4 is 11.7 Å². The average molecular weight is 407 g/mol. The Morgan fingerprint density at radius 1 is 1.18 bits per heavy atom. The molecule has 0 aliphatic rings. The number of nitriles is 1. The van der Waals surface area contributed by atoms with Gasteiger partial charge in [-0.3, -0.25) is 0 Å². The molecule has 0 aliphatic carbocycles. The van der Waals surface area contributed by atoms with Gasteiger partial charge in [0.15, 0.2) is 5.69 Å². The lowest BCUT2D eigenvalue weighted by Crippen LogP contribution is -2.54. The summed E-state index contributed by atoms with van der Waals surface area (Å²) in [6.07, 6.45) is -11.5. The van der Waals surface area contributed by atoms with Crippen molar-refractivity contribution in [1.29, 1.82) is 5.26 Å². The van der Waals surface area contributed by atoms with Gasteiger partial charge in [0.1, 0.15) is 6.07 Å². The van der Waals surface area contributed by atoms with Gasteiger partial charge in [0.25, 0.3) is 5.60 Å². The molecular formula is C16H11F6N3O3. The van der Waals surface area contributed by atoms with Crippen LogP contribution < -0.4 is 5.73 Å². The third-order valence-electron chi connectivity index (χ3n) is 3.92. The third-order valence-corrected chi connectivity index (χ3v) is 3.92. The topological polar surface area (TPSA) is 101 Å². The number of carbonyl (C=O) groups is 1. The molecule has 12 heteroatoms. The average Bonchev–Trinajstić information content (AvgIpc) is 2.94. The number of rotatable bonds is 3. The number of nitrogen functional groups attached to an aromatic ring is 1. The fourth-order valence-corrected chi connectivity index (χ4v) is 2.56. The van der Waals surface area contributed by atoms with Crippen molar-refractivity contribution in [1.82, 2.24) is 4.57 Å². The van der Waals surface area contributed by atoms with Crippen LogP contribution in [0.2, 0.25) is 0 Å². The molecule has 0 radical (unpaired) electrons. The fourth-order valence-electron chi connectivity index (χ4n) is 2.56. The van der Waals surface area contributed by atoms with Crippen LogP contribution in [0.15, 0.2) is 30.5 Å². The number of anilines is 1. The first-order valence-corrected chi connectivity index (χ1v) is 7.26. The highest BCUT2D eigenvalue weighted by Crippen LogP contribution is 2.51. The molecule has 3 N–H and O–H groups in total. The number of carbonyl (C=O) groups excluding carboxylic acids is 1. The van der Waals surface area contributed by atoms with Crippen molar-refractivity contribution in [2.75, 3.05) is 12.8 Å². The minimum atomic E-state index is -6.15. The van der Waals surface area contributed by atoms with Crippen molar-refractivity contribution in [3.8, 4) is 11.8 Å². The molecule has 1 aromatic heterocycles. The minimum absolute atomic E-state index is 0.391. The molecule has 28 heavy (non-hydrogen) atoms. The molecule has 0 aliphatic heterocycles. The van der Waals surface area contributed by atoms with E-state index in [-0.39, 0.29) is 0 Å². The number of hydrogen-bond donors (Lipinski definition) is 2. The molecule has 6 nitrogen and oxygen atoms in total. The number of para-hydroxylation sites is 1. The van der Waals surface area contributed by atoms with Crippen LogP contribution in [0.25, 0.3) is 5.69 Å². The molecule has 0 saturated heterocycles. The number of esters is 1. The smallest absolute Gasteiger partial charge is 0.430 e. The van der Waals surface area contributed by atoms with Gasteiger partial charge in [0.05, 0.1) is 24.0 Å². The lowest BCUT2D eigenvalue weighted by atomic mass is 9.90. The zero-order valence-corrected chi connectivity index (χ0v) is 13.9. The number of nitrogens with zero attached hydrogens (tertiary/aromatic N) is 2. The van der Waals surface area contributed by atoms with Crippen LogP contribution >= 0.6 is 0 Å². The van der Waals surface area contributed by atoms with Gasteiger partial charge in [-0.1, -0.05) is 18.2 Å². The molecule has 0 amide bonds. The first-order valence-electron chi connectivity index (χ1n) is 7.26. The number of benzene rings is 1. The van der Waals surface area contributed by atoms with Crippen LogP contribution in [0.4, 0.5) is 32.0 Å². The van der Waals surface area contributed by atoms with Gasteiger partial charge in [-0.15, -0.1) is 0 Å². The summed E-state index contributed by atoms with van der Waals surface area (Å²) >= 11 is 0. The van der Waals surface area contributed by atoms with E-state index in [0.717, 1.165) is 31.5 Å². The van der Waals surface area contributed by atoms with Gasteiger partial charge < -0.3 is 20.1 Å². The first-order chi connectivity index (χ1) is 12.8. The highest BCUT2D eigenvalue weighted by Gasteiger charge is 2.72. The van der Waals surface area contributed by atoms with Crippen LogP contribution in [0.3, 0.4) is 0 Å². The fraction of sp³-hybridized carbons (Fsp3) is 0.250. The maximum Gasteiger partial charge on any atom is 0.430 e. The van der Waals surface area contributed by atoms with Gasteiger partial charge in [-0.25, -0.2) is 4.79 Å². The normalized spacial score (nSPS) is 12.5. The maximum atomic E-state index is 13.3. The number of nitrogens with two attached hydrogens (primary N) is 1. The zero-order chi connectivity index (χ0) is 21.5. The summed E-state index contributed by atoms with van der Waals surface area (Å²) in [4.78, 5) is 12.0. The monoisotopic (exact) mass is 407 g/mol. The Kier molecular flexibility index (Phi) is 5.09. The van der Waals surface area contributed by atoms with E-state index in [1.165, 1.54) is 0 Å². The summed E-state index contributed by atoms with van der Waals surface area (Å²) in [5, 5.41) is 18.8. The molecule has 150 valence electrons. The Labute approximate surface area is 153 Å². The highest BCUT2D eigenvalue weighted by molar-refractivity contribution is 5.96. The van der Waals surface area contributed by atoms with Gasteiger partial charge in [0, 0.05) is 11.8 Å². The highest BCUT2D eigenvalue weighted by atomic mass is 19.4. The van der Waals surface area contributed by atoms with Crippen molar-refractivity contribution in [2.24, 2.45) is 0 Å². The quantitative estimate of drug-likeness (QED) is 0.602. The number of methoxy groups -OCH3 is 1. The van der Waals surface area contributed by atoms with Crippen molar-refractivity contribution in [3.63, 3.8) is 0 Å². The van der Waals surface area contributed by atoms with E-state index in [4.69, 9.17) is 11.0 Å². The Bertz CT molecular complexity index is 942. The number of hydrogen-bond acceptors (Lipinski definition) is 5. The number of alkyl halides is 6. The molecule has 0 spiro atoms. The number of aliphatic hydroxyl groups is 1. The summed E-state index contributed by atoms with van der Waals surface area (Å²) in [6, 6.07) is 4.68. The van der Waals surface area contributed by atoms with E-state index >= 15 is 0 Å². The maximum absolute atomic E-state index is 13.3. The number of halogens is 6. The molecule has 1 aromatic carbocycles. The number of ether oxygens (including phenoxy) is 1. The molecule has 2 aromatic rings. The predicted molar refractivity (Wildman–Crippen MR) is 82.2 cm³/mol. The minimum Gasteiger partial charge on any atom is -0.464 e. The van der Waals surface area contributed by atoms with Crippen LogP contribution in [0.5, 0.6) is 0 Å². The van der Waals surface area contributed by atoms with Gasteiger partial charge in [-0.2, -0.15) is 31.6 Å². The lowest BCUT2D eigenvalue weighted by molar-refractivity contribution is -0.376. The van der Waals surface area contributed by atoms with Crippen molar-refractivity contribution in [3.05, 3.63) is 47.3 Å². The van der Waals surface area contributed by atoms with Crippen LogP contribution in [-0.2, 0) is 10.3 Å². The standard InChI is InChI=1S/C16H11F6N3O3/c1-28-13(26)12-11(24)8(6-23)7-25(12)10-5-3-2-4-9(10)14(27,15(17,18)19)16(20,21)22/h2-5,7,27H,24H2,1H3. The van der Waals surface area contributed by atoms with E-state index < -0.39 is 52.1 Å². The second-order valence-corrected chi connectivity index (χ2v) is 5.50. The summed E-state index contributed by atoms with van der Waals surface area (Å²) in [6.45, 7) is 0. The molecular weight excluding hydrogens is 396 g/mol. The molecule has 0 fully saturated rings.